The molecule has 0 aromatic carbocycles. The van der Waals surface area contributed by atoms with Gasteiger partial charge in [0.15, 0.2) is 0 Å². The molecule has 1 heteroatoms. The van der Waals surface area contributed by atoms with Gasteiger partial charge in [0, 0.05) is 12.0 Å². The first-order valence-corrected chi connectivity index (χ1v) is 9.56. The lowest BCUT2D eigenvalue weighted by molar-refractivity contribution is 0.293. The van der Waals surface area contributed by atoms with Crippen molar-refractivity contribution in [3.05, 3.63) is 0 Å². The molecule has 0 aromatic rings. The van der Waals surface area contributed by atoms with E-state index < -0.39 is 0 Å². The summed E-state index contributed by atoms with van der Waals surface area (Å²) < 4.78 is 0. The van der Waals surface area contributed by atoms with Crippen LogP contribution in [0, 0.1) is 23.7 Å². The van der Waals surface area contributed by atoms with Gasteiger partial charge in [-0.1, -0.05) is 63.7 Å². The molecule has 0 spiro atoms. The second kappa shape index (κ2) is 10.3. The number of rotatable bonds is 3. The van der Waals surface area contributed by atoms with E-state index in [1.807, 2.05) is 6.92 Å². The molecule has 2 atom stereocenters. The minimum Gasteiger partial charge on any atom is -0.312 e. The van der Waals surface area contributed by atoms with E-state index in [1.54, 1.807) is 0 Å². The Balaban J connectivity index is 1.82. The summed E-state index contributed by atoms with van der Waals surface area (Å²) in [6.07, 6.45) is 18.5. The van der Waals surface area contributed by atoms with Gasteiger partial charge in [-0.15, -0.1) is 5.92 Å². The Kier molecular flexibility index (Phi) is 8.26. The highest BCUT2D eigenvalue weighted by molar-refractivity contribution is 5.05. The zero-order valence-corrected chi connectivity index (χ0v) is 14.1. The average molecular weight is 290 g/mol. The topological polar surface area (TPSA) is 12.0 Å². The van der Waals surface area contributed by atoms with Crippen LogP contribution in [0.5, 0.6) is 0 Å². The molecule has 2 aliphatic rings. The van der Waals surface area contributed by atoms with Crippen molar-refractivity contribution in [2.24, 2.45) is 11.8 Å². The molecule has 2 saturated carbocycles. The summed E-state index contributed by atoms with van der Waals surface area (Å²) in [6.45, 7) is 3.25. The summed E-state index contributed by atoms with van der Waals surface area (Å²) in [5.41, 5.74) is 0. The van der Waals surface area contributed by atoms with E-state index in [0.29, 0.717) is 12.0 Å². The summed E-state index contributed by atoms with van der Waals surface area (Å²) in [5.74, 6) is 8.20. The molecule has 0 radical (unpaired) electrons. The van der Waals surface area contributed by atoms with Crippen molar-refractivity contribution in [2.75, 3.05) is 6.54 Å². The van der Waals surface area contributed by atoms with Crippen LogP contribution in [0.4, 0.5) is 0 Å². The SMILES string of the molecule is CC#CC1CCCCCCC1NCC1CCCCCCC1. The molecule has 0 aromatic heterocycles. The molecule has 2 rings (SSSR count). The molecule has 0 bridgehead atoms. The summed E-state index contributed by atoms with van der Waals surface area (Å²) in [7, 11) is 0. The molecule has 2 fully saturated rings. The van der Waals surface area contributed by atoms with Crippen LogP contribution in [-0.2, 0) is 0 Å². The van der Waals surface area contributed by atoms with E-state index in [-0.39, 0.29) is 0 Å². The van der Waals surface area contributed by atoms with E-state index in [0.717, 1.165) is 5.92 Å². The van der Waals surface area contributed by atoms with Crippen LogP contribution >= 0.6 is 0 Å². The first kappa shape index (κ1) is 16.9. The molecule has 21 heavy (non-hydrogen) atoms. The van der Waals surface area contributed by atoms with E-state index in [1.165, 1.54) is 90.0 Å². The van der Waals surface area contributed by atoms with Crippen molar-refractivity contribution in [2.45, 2.75) is 96.4 Å². The van der Waals surface area contributed by atoms with Crippen LogP contribution in [0.15, 0.2) is 0 Å². The van der Waals surface area contributed by atoms with Crippen molar-refractivity contribution in [1.29, 1.82) is 0 Å². The Morgan fingerprint density at radius 2 is 1.33 bits per heavy atom. The zero-order valence-electron chi connectivity index (χ0n) is 14.1. The molecule has 1 nitrogen and oxygen atoms in total. The van der Waals surface area contributed by atoms with Gasteiger partial charge < -0.3 is 5.32 Å². The molecule has 2 unspecified atom stereocenters. The molecule has 0 amide bonds. The standard InChI is InChI=1S/C20H35N/c1-2-12-19-15-10-6-7-11-16-20(19)21-17-18-13-8-4-3-5-9-14-18/h18-21H,3-11,13-17H2,1H3. The Morgan fingerprint density at radius 3 is 2.00 bits per heavy atom. The van der Waals surface area contributed by atoms with Gasteiger partial charge in [0.1, 0.15) is 0 Å². The molecule has 0 heterocycles. The first-order valence-electron chi connectivity index (χ1n) is 9.56. The van der Waals surface area contributed by atoms with E-state index in [4.69, 9.17) is 0 Å². The smallest absolute Gasteiger partial charge is 0.0356 e. The predicted molar refractivity (Wildman–Crippen MR) is 92.2 cm³/mol. The van der Waals surface area contributed by atoms with E-state index >= 15 is 0 Å². The number of nitrogens with one attached hydrogen (secondary N) is 1. The monoisotopic (exact) mass is 289 g/mol. The Morgan fingerprint density at radius 1 is 0.762 bits per heavy atom. The number of hydrogen-bond donors (Lipinski definition) is 1. The minimum atomic E-state index is 0.601. The predicted octanol–water partition coefficient (Wildman–Crippen LogP) is 5.30. The van der Waals surface area contributed by atoms with Crippen molar-refractivity contribution < 1.29 is 0 Å². The second-order valence-electron chi connectivity index (χ2n) is 7.22. The maximum atomic E-state index is 3.94. The maximum Gasteiger partial charge on any atom is 0.0356 e. The molecule has 1 N–H and O–H groups in total. The fourth-order valence-electron chi connectivity index (χ4n) is 4.15. The van der Waals surface area contributed by atoms with E-state index in [2.05, 4.69) is 17.2 Å². The fraction of sp³-hybridized carbons (Fsp3) is 0.900. The highest BCUT2D eigenvalue weighted by Crippen LogP contribution is 2.25. The third-order valence-electron chi connectivity index (χ3n) is 5.49. The van der Waals surface area contributed by atoms with Crippen LogP contribution in [0.2, 0.25) is 0 Å². The van der Waals surface area contributed by atoms with Gasteiger partial charge in [-0.2, -0.15) is 0 Å². The van der Waals surface area contributed by atoms with Crippen LogP contribution in [0.3, 0.4) is 0 Å². The normalized spacial score (nSPS) is 29.4. The van der Waals surface area contributed by atoms with Gasteiger partial charge in [0.05, 0.1) is 0 Å². The highest BCUT2D eigenvalue weighted by atomic mass is 14.9. The molecular formula is C20H35N. The van der Waals surface area contributed by atoms with Gasteiger partial charge in [-0.05, 0) is 45.1 Å². The van der Waals surface area contributed by atoms with E-state index in [9.17, 15) is 0 Å². The largest absolute Gasteiger partial charge is 0.312 e. The second-order valence-corrected chi connectivity index (χ2v) is 7.22. The van der Waals surface area contributed by atoms with Gasteiger partial charge in [0.25, 0.3) is 0 Å². The van der Waals surface area contributed by atoms with Crippen LogP contribution in [0.25, 0.3) is 0 Å². The third-order valence-corrected chi connectivity index (χ3v) is 5.49. The van der Waals surface area contributed by atoms with Crippen molar-refractivity contribution in [3.8, 4) is 11.8 Å². The zero-order chi connectivity index (χ0) is 14.8. The first-order chi connectivity index (χ1) is 10.4. The fourth-order valence-corrected chi connectivity index (χ4v) is 4.15. The van der Waals surface area contributed by atoms with Gasteiger partial charge in [-0.3, -0.25) is 0 Å². The lowest BCUT2D eigenvalue weighted by atomic mass is 9.86. The van der Waals surface area contributed by atoms with Crippen molar-refractivity contribution in [3.63, 3.8) is 0 Å². The molecule has 2 aliphatic carbocycles. The van der Waals surface area contributed by atoms with Crippen molar-refractivity contribution >= 4 is 0 Å². The summed E-state index contributed by atoms with van der Waals surface area (Å²) >= 11 is 0. The Labute approximate surface area is 132 Å². The average Bonchev–Trinajstić information content (AvgIpc) is 2.43. The minimum absolute atomic E-state index is 0.601. The quantitative estimate of drug-likeness (QED) is 0.695. The lowest BCUT2D eigenvalue weighted by Gasteiger charge is -2.29. The third kappa shape index (κ3) is 6.43. The molecule has 0 aliphatic heterocycles. The molecule has 120 valence electrons. The van der Waals surface area contributed by atoms with Crippen LogP contribution < -0.4 is 5.32 Å². The summed E-state index contributed by atoms with van der Waals surface area (Å²) in [5, 5.41) is 3.94. The van der Waals surface area contributed by atoms with Gasteiger partial charge >= 0.3 is 0 Å². The summed E-state index contributed by atoms with van der Waals surface area (Å²) in [6, 6.07) is 0.656. The van der Waals surface area contributed by atoms with Crippen LogP contribution in [0.1, 0.15) is 90.4 Å². The Bertz CT molecular complexity index is 316. The van der Waals surface area contributed by atoms with Crippen LogP contribution in [-0.4, -0.2) is 12.6 Å². The molecular weight excluding hydrogens is 254 g/mol. The molecule has 0 saturated heterocycles. The lowest BCUT2D eigenvalue weighted by Crippen LogP contribution is -2.39. The van der Waals surface area contributed by atoms with Gasteiger partial charge in [0.2, 0.25) is 0 Å². The number of hydrogen-bond acceptors (Lipinski definition) is 1. The maximum absolute atomic E-state index is 3.94. The Hall–Kier alpha value is -0.480. The van der Waals surface area contributed by atoms with Crippen molar-refractivity contribution in [1.82, 2.24) is 5.32 Å². The summed E-state index contributed by atoms with van der Waals surface area (Å²) in [4.78, 5) is 0. The highest BCUT2D eigenvalue weighted by Gasteiger charge is 2.22. The van der Waals surface area contributed by atoms with Gasteiger partial charge in [-0.25, -0.2) is 0 Å².